The number of benzene rings is 1. The van der Waals surface area contributed by atoms with Gasteiger partial charge in [-0.2, -0.15) is 0 Å². The molecular formula is C12H13NO4S. The van der Waals surface area contributed by atoms with Crippen molar-refractivity contribution >= 4 is 26.7 Å². The molecule has 1 heterocycles. The van der Waals surface area contributed by atoms with Crippen LogP contribution in [0.5, 0.6) is 0 Å². The zero-order valence-corrected chi connectivity index (χ0v) is 10.6. The highest BCUT2D eigenvalue weighted by atomic mass is 32.2. The van der Waals surface area contributed by atoms with Crippen molar-refractivity contribution in [1.82, 2.24) is 4.57 Å². The Morgan fingerprint density at radius 1 is 1.33 bits per heavy atom. The van der Waals surface area contributed by atoms with E-state index in [9.17, 15) is 13.2 Å². The fraction of sp³-hybridized carbons (Fsp3) is 0.250. The minimum atomic E-state index is -3.01. The van der Waals surface area contributed by atoms with E-state index in [4.69, 9.17) is 5.11 Å². The number of aromatic nitrogens is 1. The van der Waals surface area contributed by atoms with Gasteiger partial charge in [-0.1, -0.05) is 0 Å². The molecule has 96 valence electrons. The summed E-state index contributed by atoms with van der Waals surface area (Å²) in [6.07, 6.45) is 2.96. The molecule has 5 nitrogen and oxygen atoms in total. The normalized spacial score (nSPS) is 11.8. The van der Waals surface area contributed by atoms with Gasteiger partial charge in [-0.05, 0) is 24.3 Å². The van der Waals surface area contributed by atoms with Gasteiger partial charge in [0.05, 0.1) is 11.3 Å². The molecule has 0 radical (unpaired) electrons. The third kappa shape index (κ3) is 2.70. The van der Waals surface area contributed by atoms with Crippen LogP contribution in [0.1, 0.15) is 10.4 Å². The van der Waals surface area contributed by atoms with Gasteiger partial charge < -0.3 is 9.67 Å². The highest BCUT2D eigenvalue weighted by molar-refractivity contribution is 7.90. The van der Waals surface area contributed by atoms with Crippen LogP contribution in [-0.4, -0.2) is 36.1 Å². The van der Waals surface area contributed by atoms with Gasteiger partial charge in [-0.25, -0.2) is 13.2 Å². The SMILES string of the molecule is CS(=O)(=O)CCn1ccc2cc(C(=O)O)ccc21. The van der Waals surface area contributed by atoms with Crippen LogP contribution in [0.4, 0.5) is 0 Å². The Bertz CT molecular complexity index is 700. The Morgan fingerprint density at radius 3 is 2.67 bits per heavy atom. The number of carboxylic acid groups (broad SMARTS) is 1. The first-order valence-corrected chi connectivity index (χ1v) is 7.43. The van der Waals surface area contributed by atoms with Crippen LogP contribution in [0.15, 0.2) is 30.5 Å². The van der Waals surface area contributed by atoms with Crippen LogP contribution in [0.2, 0.25) is 0 Å². The zero-order chi connectivity index (χ0) is 13.3. The van der Waals surface area contributed by atoms with Gasteiger partial charge in [0.1, 0.15) is 9.84 Å². The van der Waals surface area contributed by atoms with Crippen molar-refractivity contribution < 1.29 is 18.3 Å². The Balaban J connectivity index is 2.34. The van der Waals surface area contributed by atoms with E-state index in [2.05, 4.69) is 0 Å². The average molecular weight is 267 g/mol. The second-order valence-electron chi connectivity index (χ2n) is 4.22. The third-order valence-corrected chi connectivity index (χ3v) is 3.65. The lowest BCUT2D eigenvalue weighted by Crippen LogP contribution is -2.10. The number of fused-ring (bicyclic) bond motifs is 1. The van der Waals surface area contributed by atoms with Crippen molar-refractivity contribution in [2.45, 2.75) is 6.54 Å². The summed E-state index contributed by atoms with van der Waals surface area (Å²) in [7, 11) is -3.01. The summed E-state index contributed by atoms with van der Waals surface area (Å²) in [4.78, 5) is 10.8. The summed E-state index contributed by atoms with van der Waals surface area (Å²) < 4.78 is 24.0. The van der Waals surface area contributed by atoms with Gasteiger partial charge in [0.2, 0.25) is 0 Å². The van der Waals surface area contributed by atoms with Gasteiger partial charge in [0.25, 0.3) is 0 Å². The van der Waals surface area contributed by atoms with Crippen molar-refractivity contribution in [3.63, 3.8) is 0 Å². The number of nitrogens with zero attached hydrogens (tertiary/aromatic N) is 1. The van der Waals surface area contributed by atoms with E-state index in [0.29, 0.717) is 6.54 Å². The quantitative estimate of drug-likeness (QED) is 0.908. The van der Waals surface area contributed by atoms with E-state index < -0.39 is 15.8 Å². The molecule has 0 amide bonds. The highest BCUT2D eigenvalue weighted by Gasteiger charge is 2.08. The summed E-state index contributed by atoms with van der Waals surface area (Å²) in [5.41, 5.74) is 1.06. The van der Waals surface area contributed by atoms with Crippen LogP contribution in [0.25, 0.3) is 10.9 Å². The number of rotatable bonds is 4. The molecule has 0 saturated heterocycles. The summed E-state index contributed by atoms with van der Waals surface area (Å²) in [6.45, 7) is 0.370. The molecule has 0 aliphatic carbocycles. The first kappa shape index (κ1) is 12.6. The molecule has 2 aromatic rings. The van der Waals surface area contributed by atoms with Crippen LogP contribution in [0, 0.1) is 0 Å². The topological polar surface area (TPSA) is 76.4 Å². The fourth-order valence-corrected chi connectivity index (χ4v) is 2.32. The summed E-state index contributed by atoms with van der Waals surface area (Å²) in [5, 5.41) is 9.67. The van der Waals surface area contributed by atoms with E-state index in [1.807, 2.05) is 4.57 Å². The molecule has 6 heteroatoms. The van der Waals surface area contributed by atoms with E-state index in [-0.39, 0.29) is 11.3 Å². The molecule has 0 spiro atoms. The fourth-order valence-electron chi connectivity index (χ4n) is 1.79. The van der Waals surface area contributed by atoms with E-state index in [0.717, 1.165) is 10.9 Å². The van der Waals surface area contributed by atoms with Crippen LogP contribution in [0.3, 0.4) is 0 Å². The minimum Gasteiger partial charge on any atom is -0.478 e. The van der Waals surface area contributed by atoms with Crippen LogP contribution < -0.4 is 0 Å². The number of aromatic carboxylic acids is 1. The average Bonchev–Trinajstić information content (AvgIpc) is 2.67. The molecule has 0 saturated carbocycles. The monoisotopic (exact) mass is 267 g/mol. The molecule has 18 heavy (non-hydrogen) atoms. The Kier molecular flexibility index (Phi) is 3.13. The lowest BCUT2D eigenvalue weighted by molar-refractivity contribution is 0.0697. The van der Waals surface area contributed by atoms with Crippen LogP contribution in [-0.2, 0) is 16.4 Å². The highest BCUT2D eigenvalue weighted by Crippen LogP contribution is 2.18. The molecule has 0 unspecified atom stereocenters. The second-order valence-corrected chi connectivity index (χ2v) is 6.48. The number of aryl methyl sites for hydroxylation is 1. The van der Waals surface area contributed by atoms with Gasteiger partial charge >= 0.3 is 5.97 Å². The lowest BCUT2D eigenvalue weighted by Gasteiger charge is -2.04. The predicted molar refractivity (Wildman–Crippen MR) is 68.6 cm³/mol. The molecule has 0 bridgehead atoms. The summed E-state index contributed by atoms with van der Waals surface area (Å²) >= 11 is 0. The third-order valence-electron chi connectivity index (χ3n) is 2.72. The zero-order valence-electron chi connectivity index (χ0n) is 9.83. The maximum absolute atomic E-state index is 11.1. The molecule has 0 aliphatic heterocycles. The van der Waals surface area contributed by atoms with Crippen molar-refractivity contribution in [3.8, 4) is 0 Å². The smallest absolute Gasteiger partial charge is 0.335 e. The standard InChI is InChI=1S/C12H13NO4S/c1-18(16,17)7-6-13-5-4-9-8-10(12(14)15)2-3-11(9)13/h2-5,8H,6-7H2,1H3,(H,14,15). The number of carboxylic acids is 1. The lowest BCUT2D eigenvalue weighted by atomic mass is 10.1. The van der Waals surface area contributed by atoms with E-state index in [1.54, 1.807) is 24.4 Å². The first-order chi connectivity index (χ1) is 8.37. The molecule has 0 fully saturated rings. The maximum Gasteiger partial charge on any atom is 0.335 e. The largest absolute Gasteiger partial charge is 0.478 e. The van der Waals surface area contributed by atoms with Crippen molar-refractivity contribution in [2.75, 3.05) is 12.0 Å². The number of hydrogen-bond acceptors (Lipinski definition) is 3. The molecule has 0 atom stereocenters. The second kappa shape index (κ2) is 4.45. The summed E-state index contributed by atoms with van der Waals surface area (Å²) in [5.74, 6) is -0.905. The summed E-state index contributed by atoms with van der Waals surface area (Å²) in [6, 6.07) is 6.57. The van der Waals surface area contributed by atoms with Crippen molar-refractivity contribution in [3.05, 3.63) is 36.0 Å². The Morgan fingerprint density at radius 2 is 2.06 bits per heavy atom. The number of sulfone groups is 1. The Hall–Kier alpha value is -1.82. The molecule has 1 aromatic carbocycles. The van der Waals surface area contributed by atoms with Crippen LogP contribution >= 0.6 is 0 Å². The van der Waals surface area contributed by atoms with Gasteiger partial charge in [0, 0.05) is 29.9 Å². The number of carbonyl (C=O) groups is 1. The first-order valence-electron chi connectivity index (χ1n) is 5.37. The number of hydrogen-bond donors (Lipinski definition) is 1. The van der Waals surface area contributed by atoms with Crippen molar-refractivity contribution in [2.24, 2.45) is 0 Å². The molecule has 0 aliphatic rings. The van der Waals surface area contributed by atoms with Gasteiger partial charge in [-0.15, -0.1) is 0 Å². The van der Waals surface area contributed by atoms with E-state index in [1.165, 1.54) is 12.3 Å². The Labute approximate surface area is 105 Å². The van der Waals surface area contributed by atoms with Gasteiger partial charge in [-0.3, -0.25) is 0 Å². The molecule has 1 N–H and O–H groups in total. The predicted octanol–water partition coefficient (Wildman–Crippen LogP) is 1.38. The van der Waals surface area contributed by atoms with Crippen molar-refractivity contribution in [1.29, 1.82) is 0 Å². The molecule has 1 aromatic heterocycles. The maximum atomic E-state index is 11.1. The van der Waals surface area contributed by atoms with Gasteiger partial charge in [0.15, 0.2) is 0 Å². The molecule has 2 rings (SSSR count). The van der Waals surface area contributed by atoms with E-state index >= 15 is 0 Å². The minimum absolute atomic E-state index is 0.0669. The molecular weight excluding hydrogens is 254 g/mol.